The number of hydrogen-bond donors (Lipinski definition) is 0. The molecule has 21 heavy (non-hydrogen) atoms. The van der Waals surface area contributed by atoms with Crippen LogP contribution in [0.25, 0.3) is 0 Å². The maximum absolute atomic E-state index is 12.4. The SMILES string of the molecule is O=C([C@@H]1COCCO1)N1CCO[C@@H](c2ccc(Cl)cc2)C1. The van der Waals surface area contributed by atoms with Crippen molar-refractivity contribution >= 4 is 17.5 Å². The minimum Gasteiger partial charge on any atom is -0.376 e. The van der Waals surface area contributed by atoms with Gasteiger partial charge in [0.2, 0.25) is 0 Å². The van der Waals surface area contributed by atoms with Crippen molar-refractivity contribution < 1.29 is 19.0 Å². The van der Waals surface area contributed by atoms with E-state index in [0.29, 0.717) is 44.5 Å². The van der Waals surface area contributed by atoms with E-state index in [1.807, 2.05) is 24.3 Å². The van der Waals surface area contributed by atoms with Gasteiger partial charge in [0.25, 0.3) is 5.91 Å². The molecule has 0 radical (unpaired) electrons. The second kappa shape index (κ2) is 6.75. The number of carbonyl (C=O) groups is 1. The predicted octanol–water partition coefficient (Wildman–Crippen LogP) is 1.66. The number of ether oxygens (including phenoxy) is 3. The number of halogens is 1. The highest BCUT2D eigenvalue weighted by molar-refractivity contribution is 6.30. The summed E-state index contributed by atoms with van der Waals surface area (Å²) in [6.45, 7) is 3.00. The Morgan fingerprint density at radius 2 is 1.95 bits per heavy atom. The van der Waals surface area contributed by atoms with Crippen LogP contribution < -0.4 is 0 Å². The number of morpholine rings is 1. The van der Waals surface area contributed by atoms with Crippen LogP contribution in [0.5, 0.6) is 0 Å². The van der Waals surface area contributed by atoms with Crippen LogP contribution in [-0.4, -0.2) is 56.4 Å². The maximum Gasteiger partial charge on any atom is 0.254 e. The minimum atomic E-state index is -0.484. The largest absolute Gasteiger partial charge is 0.376 e. The molecule has 0 aromatic heterocycles. The van der Waals surface area contributed by atoms with Gasteiger partial charge < -0.3 is 19.1 Å². The second-order valence-electron chi connectivity index (χ2n) is 5.13. The van der Waals surface area contributed by atoms with E-state index in [2.05, 4.69) is 0 Å². The van der Waals surface area contributed by atoms with Gasteiger partial charge in [-0.05, 0) is 17.7 Å². The molecule has 0 bridgehead atoms. The number of hydrogen-bond acceptors (Lipinski definition) is 4. The summed E-state index contributed by atoms with van der Waals surface area (Å²) in [5.41, 5.74) is 1.03. The molecule has 2 atom stereocenters. The van der Waals surface area contributed by atoms with Crippen molar-refractivity contribution in [3.63, 3.8) is 0 Å². The molecule has 2 fully saturated rings. The quantitative estimate of drug-likeness (QED) is 0.833. The zero-order chi connectivity index (χ0) is 14.7. The molecule has 114 valence electrons. The first kappa shape index (κ1) is 14.8. The average Bonchev–Trinajstić information content (AvgIpc) is 2.56. The van der Waals surface area contributed by atoms with Crippen molar-refractivity contribution in [2.24, 2.45) is 0 Å². The Balaban J connectivity index is 1.64. The van der Waals surface area contributed by atoms with Gasteiger partial charge in [0, 0.05) is 11.6 Å². The van der Waals surface area contributed by atoms with Crippen LogP contribution in [0, 0.1) is 0 Å². The summed E-state index contributed by atoms with van der Waals surface area (Å²) >= 11 is 5.90. The van der Waals surface area contributed by atoms with E-state index in [4.69, 9.17) is 25.8 Å². The minimum absolute atomic E-state index is 0.0167. The Labute approximate surface area is 128 Å². The van der Waals surface area contributed by atoms with Crippen LogP contribution in [0.1, 0.15) is 11.7 Å². The highest BCUT2D eigenvalue weighted by Gasteiger charge is 2.31. The Kier molecular flexibility index (Phi) is 4.75. The van der Waals surface area contributed by atoms with E-state index < -0.39 is 6.10 Å². The summed E-state index contributed by atoms with van der Waals surface area (Å²) in [5.74, 6) is -0.0167. The number of rotatable bonds is 2. The molecule has 2 aliphatic rings. The first-order valence-corrected chi connectivity index (χ1v) is 7.47. The fourth-order valence-corrected chi connectivity index (χ4v) is 2.69. The fraction of sp³-hybridized carbons (Fsp3) is 0.533. The lowest BCUT2D eigenvalue weighted by Gasteiger charge is -2.35. The van der Waals surface area contributed by atoms with Crippen LogP contribution in [0.15, 0.2) is 24.3 Å². The first-order chi connectivity index (χ1) is 10.2. The molecule has 1 aromatic carbocycles. The van der Waals surface area contributed by atoms with Gasteiger partial charge in [-0.3, -0.25) is 4.79 Å². The molecule has 2 saturated heterocycles. The number of benzene rings is 1. The molecule has 0 aliphatic carbocycles. The van der Waals surface area contributed by atoms with E-state index in [1.54, 1.807) is 4.90 Å². The van der Waals surface area contributed by atoms with E-state index >= 15 is 0 Å². The summed E-state index contributed by atoms with van der Waals surface area (Å²) < 4.78 is 16.5. The van der Waals surface area contributed by atoms with Crippen molar-refractivity contribution in [2.45, 2.75) is 12.2 Å². The van der Waals surface area contributed by atoms with Gasteiger partial charge in [0.05, 0.1) is 33.0 Å². The zero-order valence-corrected chi connectivity index (χ0v) is 12.4. The van der Waals surface area contributed by atoms with Gasteiger partial charge >= 0.3 is 0 Å². The summed E-state index contributed by atoms with van der Waals surface area (Å²) in [4.78, 5) is 14.2. The van der Waals surface area contributed by atoms with Gasteiger partial charge in [-0.1, -0.05) is 23.7 Å². The molecule has 0 saturated carbocycles. The van der Waals surface area contributed by atoms with E-state index in [-0.39, 0.29) is 12.0 Å². The Morgan fingerprint density at radius 1 is 1.14 bits per heavy atom. The third-order valence-corrected chi connectivity index (χ3v) is 3.96. The summed E-state index contributed by atoms with van der Waals surface area (Å²) in [7, 11) is 0. The molecule has 6 heteroatoms. The molecule has 2 aliphatic heterocycles. The molecule has 3 rings (SSSR count). The molecular weight excluding hydrogens is 294 g/mol. The third-order valence-electron chi connectivity index (χ3n) is 3.71. The van der Waals surface area contributed by atoms with Crippen molar-refractivity contribution in [1.82, 2.24) is 4.90 Å². The molecule has 1 aromatic rings. The van der Waals surface area contributed by atoms with Crippen molar-refractivity contribution in [1.29, 1.82) is 0 Å². The van der Waals surface area contributed by atoms with E-state index in [0.717, 1.165) is 5.56 Å². The molecule has 5 nitrogen and oxygen atoms in total. The molecule has 0 unspecified atom stereocenters. The van der Waals surface area contributed by atoms with Crippen LogP contribution in [0.3, 0.4) is 0 Å². The number of amides is 1. The molecule has 0 spiro atoms. The van der Waals surface area contributed by atoms with Gasteiger partial charge in [0.1, 0.15) is 6.10 Å². The maximum atomic E-state index is 12.4. The molecule has 1 amide bonds. The van der Waals surface area contributed by atoms with Crippen molar-refractivity contribution in [2.75, 3.05) is 39.5 Å². The molecule has 0 N–H and O–H groups in total. The van der Waals surface area contributed by atoms with Crippen molar-refractivity contribution in [3.05, 3.63) is 34.9 Å². The Morgan fingerprint density at radius 3 is 2.67 bits per heavy atom. The van der Waals surface area contributed by atoms with E-state index in [1.165, 1.54) is 0 Å². The number of nitrogens with zero attached hydrogens (tertiary/aromatic N) is 1. The lowest BCUT2D eigenvalue weighted by molar-refractivity contribution is -0.164. The lowest BCUT2D eigenvalue weighted by atomic mass is 10.1. The van der Waals surface area contributed by atoms with Crippen LogP contribution in [-0.2, 0) is 19.0 Å². The predicted molar refractivity (Wildman–Crippen MR) is 77.3 cm³/mol. The third kappa shape index (κ3) is 3.55. The normalized spacial score (nSPS) is 26.6. The smallest absolute Gasteiger partial charge is 0.254 e. The Hall–Kier alpha value is -1.14. The topological polar surface area (TPSA) is 48.0 Å². The van der Waals surface area contributed by atoms with Crippen LogP contribution in [0.4, 0.5) is 0 Å². The van der Waals surface area contributed by atoms with Gasteiger partial charge in [-0.25, -0.2) is 0 Å². The number of carbonyl (C=O) groups excluding carboxylic acids is 1. The molecular formula is C15H18ClNO4. The summed E-state index contributed by atoms with van der Waals surface area (Å²) in [5, 5.41) is 0.690. The molecule has 2 heterocycles. The van der Waals surface area contributed by atoms with Crippen LogP contribution in [0.2, 0.25) is 5.02 Å². The van der Waals surface area contributed by atoms with Gasteiger partial charge in [-0.15, -0.1) is 0 Å². The zero-order valence-electron chi connectivity index (χ0n) is 11.7. The standard InChI is InChI=1S/C15H18ClNO4/c16-12-3-1-11(2-4-12)13-9-17(5-6-20-13)15(18)14-10-19-7-8-21-14/h1-4,13-14H,5-10H2/t13-,14+/m1/s1. The summed E-state index contributed by atoms with van der Waals surface area (Å²) in [6.07, 6.45) is -0.604. The van der Waals surface area contributed by atoms with Gasteiger partial charge in [0.15, 0.2) is 6.10 Å². The second-order valence-corrected chi connectivity index (χ2v) is 5.57. The monoisotopic (exact) mass is 311 g/mol. The van der Waals surface area contributed by atoms with Gasteiger partial charge in [-0.2, -0.15) is 0 Å². The fourth-order valence-electron chi connectivity index (χ4n) is 2.56. The summed E-state index contributed by atoms with van der Waals surface area (Å²) in [6, 6.07) is 7.53. The van der Waals surface area contributed by atoms with Crippen LogP contribution >= 0.6 is 11.6 Å². The highest BCUT2D eigenvalue weighted by Crippen LogP contribution is 2.24. The highest BCUT2D eigenvalue weighted by atomic mass is 35.5. The van der Waals surface area contributed by atoms with E-state index in [9.17, 15) is 4.79 Å². The first-order valence-electron chi connectivity index (χ1n) is 7.09. The average molecular weight is 312 g/mol. The Bertz CT molecular complexity index is 487. The lowest BCUT2D eigenvalue weighted by Crippen LogP contribution is -2.50. The van der Waals surface area contributed by atoms with Crippen molar-refractivity contribution in [3.8, 4) is 0 Å².